The second kappa shape index (κ2) is 4.68. The molecule has 1 aromatic carbocycles. The lowest BCUT2D eigenvalue weighted by molar-refractivity contribution is 0.439. The molecule has 4 rings (SSSR count). The molecule has 6 heteroatoms. The molecule has 0 saturated heterocycles. The zero-order chi connectivity index (χ0) is 14.2. The molecule has 0 saturated carbocycles. The van der Waals surface area contributed by atoms with Crippen LogP contribution in [0.25, 0.3) is 32.7 Å². The summed E-state index contributed by atoms with van der Waals surface area (Å²) in [6, 6.07) is 9.78. The van der Waals surface area contributed by atoms with Crippen molar-refractivity contribution in [2.45, 2.75) is 0 Å². The third-order valence-corrected chi connectivity index (χ3v) is 4.12. The minimum atomic E-state index is 0.326. The second-order valence-corrected chi connectivity index (χ2v) is 5.46. The van der Waals surface area contributed by atoms with Gasteiger partial charge in [-0.2, -0.15) is 0 Å². The van der Waals surface area contributed by atoms with Gasteiger partial charge in [-0.15, -0.1) is 11.3 Å². The molecule has 0 atom stereocenters. The molecule has 102 valence electrons. The first kappa shape index (κ1) is 12.0. The summed E-state index contributed by atoms with van der Waals surface area (Å²) in [5, 5.41) is 6.10. The van der Waals surface area contributed by atoms with Crippen LogP contribution in [0.1, 0.15) is 0 Å². The number of aromatic nitrogens is 3. The normalized spacial score (nSPS) is 11.0. The lowest BCUT2D eigenvalue weighted by Gasteiger charge is -2.02. The van der Waals surface area contributed by atoms with Crippen molar-refractivity contribution < 1.29 is 4.52 Å². The number of nitrogen functional groups attached to an aromatic ring is 1. The Bertz CT molecular complexity index is 914. The Hall–Kier alpha value is -2.73. The van der Waals surface area contributed by atoms with Crippen molar-refractivity contribution in [1.82, 2.24) is 15.1 Å². The fourth-order valence-electron chi connectivity index (χ4n) is 2.27. The summed E-state index contributed by atoms with van der Waals surface area (Å²) < 4.78 is 5.18. The summed E-state index contributed by atoms with van der Waals surface area (Å²) in [7, 11) is 0. The standard InChI is InChI=1S/C15H10N4OS/c16-15-13(12-2-1-7-21-12)14(19-20-15)9-3-4-10-11(8-9)18-6-5-17-10/h1-8H,16H2. The Morgan fingerprint density at radius 1 is 1.05 bits per heavy atom. The van der Waals surface area contributed by atoms with E-state index in [9.17, 15) is 0 Å². The molecule has 4 aromatic rings. The maximum absolute atomic E-state index is 5.93. The van der Waals surface area contributed by atoms with Crippen LogP contribution in [0.5, 0.6) is 0 Å². The van der Waals surface area contributed by atoms with Crippen molar-refractivity contribution in [2.24, 2.45) is 0 Å². The van der Waals surface area contributed by atoms with Crippen molar-refractivity contribution in [3.63, 3.8) is 0 Å². The number of nitrogens with zero attached hydrogens (tertiary/aromatic N) is 3. The second-order valence-electron chi connectivity index (χ2n) is 4.51. The average Bonchev–Trinajstić information content (AvgIpc) is 3.15. The predicted octanol–water partition coefficient (Wildman–Crippen LogP) is 3.60. The Kier molecular flexibility index (Phi) is 2.68. The molecular formula is C15H10N4OS. The highest BCUT2D eigenvalue weighted by atomic mass is 32.1. The number of rotatable bonds is 2. The number of hydrogen-bond acceptors (Lipinski definition) is 6. The van der Waals surface area contributed by atoms with Gasteiger partial charge in [-0.3, -0.25) is 9.97 Å². The van der Waals surface area contributed by atoms with E-state index in [1.54, 1.807) is 23.7 Å². The topological polar surface area (TPSA) is 77.8 Å². The smallest absolute Gasteiger partial charge is 0.231 e. The lowest BCUT2D eigenvalue weighted by Crippen LogP contribution is -1.87. The molecule has 5 nitrogen and oxygen atoms in total. The Labute approximate surface area is 124 Å². The number of thiophene rings is 1. The molecule has 0 aliphatic rings. The average molecular weight is 294 g/mol. The van der Waals surface area contributed by atoms with Crippen LogP contribution in [0.4, 0.5) is 5.88 Å². The number of fused-ring (bicyclic) bond motifs is 1. The SMILES string of the molecule is Nc1onc(-c2ccc3nccnc3c2)c1-c1cccs1. The minimum absolute atomic E-state index is 0.326. The van der Waals surface area contributed by atoms with Gasteiger partial charge in [-0.1, -0.05) is 17.3 Å². The monoisotopic (exact) mass is 294 g/mol. The molecular weight excluding hydrogens is 284 g/mol. The molecule has 0 bridgehead atoms. The third kappa shape index (κ3) is 1.96. The van der Waals surface area contributed by atoms with Crippen molar-refractivity contribution in [3.05, 3.63) is 48.1 Å². The van der Waals surface area contributed by atoms with Crippen LogP contribution in [0, 0.1) is 0 Å². The molecule has 0 radical (unpaired) electrons. The molecule has 0 aliphatic heterocycles. The van der Waals surface area contributed by atoms with E-state index in [-0.39, 0.29) is 0 Å². The fourth-order valence-corrected chi connectivity index (χ4v) is 3.05. The van der Waals surface area contributed by atoms with Crippen LogP contribution >= 0.6 is 11.3 Å². The van der Waals surface area contributed by atoms with Crippen molar-refractivity contribution in [2.75, 3.05) is 5.73 Å². The minimum Gasteiger partial charge on any atom is -0.367 e. The Morgan fingerprint density at radius 3 is 2.71 bits per heavy atom. The third-order valence-electron chi connectivity index (χ3n) is 3.23. The van der Waals surface area contributed by atoms with Gasteiger partial charge in [-0.25, -0.2) is 0 Å². The van der Waals surface area contributed by atoms with Crippen LogP contribution in [-0.4, -0.2) is 15.1 Å². The van der Waals surface area contributed by atoms with E-state index >= 15 is 0 Å². The number of anilines is 1. The predicted molar refractivity (Wildman–Crippen MR) is 82.8 cm³/mol. The molecule has 0 amide bonds. The molecule has 3 aromatic heterocycles. The molecule has 0 fully saturated rings. The van der Waals surface area contributed by atoms with E-state index in [0.29, 0.717) is 5.88 Å². The summed E-state index contributed by atoms with van der Waals surface area (Å²) in [5.74, 6) is 0.326. The van der Waals surface area contributed by atoms with Gasteiger partial charge in [0.2, 0.25) is 5.88 Å². The summed E-state index contributed by atoms with van der Waals surface area (Å²) in [4.78, 5) is 9.61. The fraction of sp³-hybridized carbons (Fsp3) is 0. The number of nitrogens with two attached hydrogens (primary N) is 1. The lowest BCUT2D eigenvalue weighted by atomic mass is 10.1. The summed E-state index contributed by atoms with van der Waals surface area (Å²) in [6.07, 6.45) is 3.34. The van der Waals surface area contributed by atoms with Gasteiger partial charge in [0.15, 0.2) is 0 Å². The first-order valence-corrected chi connectivity index (χ1v) is 7.21. The molecule has 3 heterocycles. The molecule has 21 heavy (non-hydrogen) atoms. The van der Waals surface area contributed by atoms with Crippen LogP contribution < -0.4 is 5.73 Å². The van der Waals surface area contributed by atoms with Gasteiger partial charge >= 0.3 is 0 Å². The quantitative estimate of drug-likeness (QED) is 0.611. The molecule has 0 unspecified atom stereocenters. The summed E-state index contributed by atoms with van der Waals surface area (Å²) in [6.45, 7) is 0. The summed E-state index contributed by atoms with van der Waals surface area (Å²) in [5.41, 5.74) is 10.0. The van der Waals surface area contributed by atoms with Crippen molar-refractivity contribution in [3.8, 4) is 21.7 Å². The van der Waals surface area contributed by atoms with Crippen LogP contribution in [0.15, 0.2) is 52.6 Å². The largest absolute Gasteiger partial charge is 0.367 e. The van der Waals surface area contributed by atoms with Gasteiger partial charge in [-0.05, 0) is 23.6 Å². The molecule has 0 spiro atoms. The first-order chi connectivity index (χ1) is 10.3. The highest BCUT2D eigenvalue weighted by Gasteiger charge is 2.18. The van der Waals surface area contributed by atoms with E-state index in [0.717, 1.165) is 32.7 Å². The van der Waals surface area contributed by atoms with Crippen molar-refractivity contribution >= 4 is 28.3 Å². The van der Waals surface area contributed by atoms with E-state index in [2.05, 4.69) is 15.1 Å². The first-order valence-electron chi connectivity index (χ1n) is 6.33. The molecule has 0 aliphatic carbocycles. The maximum Gasteiger partial charge on any atom is 0.231 e. The molecule has 2 N–H and O–H groups in total. The number of hydrogen-bond donors (Lipinski definition) is 1. The zero-order valence-electron chi connectivity index (χ0n) is 10.9. The van der Waals surface area contributed by atoms with E-state index in [4.69, 9.17) is 10.3 Å². The van der Waals surface area contributed by atoms with Gasteiger partial charge in [0.05, 0.1) is 16.6 Å². The highest BCUT2D eigenvalue weighted by Crippen LogP contribution is 2.38. The maximum atomic E-state index is 5.93. The number of benzene rings is 1. The zero-order valence-corrected chi connectivity index (χ0v) is 11.7. The van der Waals surface area contributed by atoms with Crippen molar-refractivity contribution in [1.29, 1.82) is 0 Å². The Morgan fingerprint density at radius 2 is 1.90 bits per heavy atom. The van der Waals surface area contributed by atoms with E-state index < -0.39 is 0 Å². The van der Waals surface area contributed by atoms with Gasteiger partial charge in [0.25, 0.3) is 0 Å². The van der Waals surface area contributed by atoms with Crippen LogP contribution in [-0.2, 0) is 0 Å². The van der Waals surface area contributed by atoms with Crippen LogP contribution in [0.2, 0.25) is 0 Å². The van der Waals surface area contributed by atoms with Gasteiger partial charge in [0.1, 0.15) is 5.69 Å². The highest BCUT2D eigenvalue weighted by molar-refractivity contribution is 7.13. The van der Waals surface area contributed by atoms with Gasteiger partial charge in [0, 0.05) is 22.8 Å². The summed E-state index contributed by atoms with van der Waals surface area (Å²) >= 11 is 1.60. The van der Waals surface area contributed by atoms with E-state index in [1.165, 1.54) is 0 Å². The van der Waals surface area contributed by atoms with Crippen LogP contribution in [0.3, 0.4) is 0 Å². The Balaban J connectivity index is 1.93. The van der Waals surface area contributed by atoms with Gasteiger partial charge < -0.3 is 10.3 Å². The van der Waals surface area contributed by atoms with E-state index in [1.807, 2.05) is 35.7 Å².